The van der Waals surface area contributed by atoms with Gasteiger partial charge in [0, 0.05) is 5.41 Å². The van der Waals surface area contributed by atoms with Crippen LogP contribution in [-0.4, -0.2) is 30.3 Å². The van der Waals surface area contributed by atoms with E-state index in [-0.39, 0.29) is 10.8 Å². The van der Waals surface area contributed by atoms with Gasteiger partial charge in [-0.15, -0.1) is 0 Å². The first-order valence-corrected chi connectivity index (χ1v) is 11.3. The minimum absolute atomic E-state index is 0.0330. The van der Waals surface area contributed by atoms with Crippen molar-refractivity contribution in [2.24, 2.45) is 17.3 Å². The highest BCUT2D eigenvalue weighted by Gasteiger charge is 2.60. The highest BCUT2D eigenvalue weighted by atomic mass is 16.1. The van der Waals surface area contributed by atoms with E-state index >= 15 is 0 Å². The average molecular weight is 368 g/mol. The Morgan fingerprint density at radius 3 is 2.15 bits per heavy atom. The van der Waals surface area contributed by atoms with Gasteiger partial charge in [-0.3, -0.25) is 9.69 Å². The molecule has 27 heavy (non-hydrogen) atoms. The average Bonchev–Trinajstić information content (AvgIpc) is 2.61. The van der Waals surface area contributed by atoms with Gasteiger partial charge in [0.25, 0.3) is 0 Å². The lowest BCUT2D eigenvalue weighted by Gasteiger charge is -2.62. The molecule has 0 unspecified atom stereocenters. The maximum Gasteiger partial charge on any atom is 0.153 e. The number of benzene rings is 1. The van der Waals surface area contributed by atoms with Crippen LogP contribution in [0.4, 0.5) is 0 Å². The number of aryl methyl sites for hydroxylation is 1. The van der Waals surface area contributed by atoms with Crippen molar-refractivity contribution in [2.75, 3.05) is 19.6 Å². The molecular formula is C25H37NO. The third kappa shape index (κ3) is 3.50. The van der Waals surface area contributed by atoms with Crippen molar-refractivity contribution in [3.05, 3.63) is 35.4 Å². The van der Waals surface area contributed by atoms with E-state index in [1.165, 1.54) is 43.2 Å². The van der Waals surface area contributed by atoms with Crippen LogP contribution in [0.3, 0.4) is 0 Å². The third-order valence-corrected chi connectivity index (χ3v) is 7.76. The van der Waals surface area contributed by atoms with Crippen LogP contribution in [0, 0.1) is 24.2 Å². The molecule has 4 saturated carbocycles. The Balaban J connectivity index is 1.59. The minimum atomic E-state index is -0.0330. The molecule has 0 aliphatic heterocycles. The predicted octanol–water partition coefficient (Wildman–Crippen LogP) is 5.52. The Hall–Kier alpha value is -1.15. The summed E-state index contributed by atoms with van der Waals surface area (Å²) in [6.07, 6.45) is 9.73. The fourth-order valence-electron chi connectivity index (χ4n) is 7.11. The number of Topliss-reactive ketones (excluding diaryl/α,β-unsaturated/α-hetero) is 1. The number of hydrogen-bond donors (Lipinski definition) is 0. The Labute approximate surface area is 165 Å². The first kappa shape index (κ1) is 19.2. The number of hydrogen-bond acceptors (Lipinski definition) is 2. The van der Waals surface area contributed by atoms with Crippen molar-refractivity contribution in [1.29, 1.82) is 0 Å². The molecule has 0 saturated heterocycles. The fourth-order valence-corrected chi connectivity index (χ4v) is 7.11. The summed E-state index contributed by atoms with van der Waals surface area (Å²) < 4.78 is 0. The van der Waals surface area contributed by atoms with E-state index in [0.717, 1.165) is 44.2 Å². The van der Waals surface area contributed by atoms with Crippen LogP contribution in [0.1, 0.15) is 76.3 Å². The first-order chi connectivity index (χ1) is 13.0. The van der Waals surface area contributed by atoms with E-state index < -0.39 is 0 Å². The summed E-state index contributed by atoms with van der Waals surface area (Å²) in [6, 6.07) is 9.27. The van der Waals surface area contributed by atoms with Crippen LogP contribution in [-0.2, 0) is 10.2 Å². The van der Waals surface area contributed by atoms with Gasteiger partial charge in [0.2, 0.25) is 0 Å². The standard InChI is InChI=1S/C25H37NO/c1-4-10-26(11-5-2)17-23(27)25-15-20-12-21(16-25)14-24(13-20,18-25)22-8-6-19(3)7-9-22/h6-9,20-21H,4-5,10-18H2,1-3H3/t20-,21-,24?,25?/m1/s1. The quantitative estimate of drug-likeness (QED) is 0.602. The maximum atomic E-state index is 13.6. The smallest absolute Gasteiger partial charge is 0.153 e. The third-order valence-electron chi connectivity index (χ3n) is 7.76. The summed E-state index contributed by atoms with van der Waals surface area (Å²) in [7, 11) is 0. The largest absolute Gasteiger partial charge is 0.298 e. The van der Waals surface area contributed by atoms with E-state index in [0.29, 0.717) is 12.3 Å². The number of rotatable bonds is 8. The molecule has 0 spiro atoms. The number of carbonyl (C=O) groups is 1. The molecule has 0 heterocycles. The van der Waals surface area contributed by atoms with Crippen LogP contribution in [0.2, 0.25) is 0 Å². The predicted molar refractivity (Wildman–Crippen MR) is 112 cm³/mol. The molecule has 0 N–H and O–H groups in total. The van der Waals surface area contributed by atoms with Gasteiger partial charge in [0.1, 0.15) is 0 Å². The van der Waals surface area contributed by atoms with Crippen molar-refractivity contribution in [1.82, 2.24) is 4.90 Å². The summed E-state index contributed by atoms with van der Waals surface area (Å²) >= 11 is 0. The van der Waals surface area contributed by atoms with Gasteiger partial charge >= 0.3 is 0 Å². The highest BCUT2D eigenvalue weighted by Crippen LogP contribution is 2.66. The molecule has 0 aromatic heterocycles. The molecular weight excluding hydrogens is 330 g/mol. The molecule has 0 amide bonds. The van der Waals surface area contributed by atoms with Crippen LogP contribution in [0.25, 0.3) is 0 Å². The van der Waals surface area contributed by atoms with Gasteiger partial charge in [0.05, 0.1) is 6.54 Å². The first-order valence-electron chi connectivity index (χ1n) is 11.3. The second-order valence-electron chi connectivity index (χ2n) is 10.1. The van der Waals surface area contributed by atoms with E-state index in [1.54, 1.807) is 0 Å². The van der Waals surface area contributed by atoms with Crippen LogP contribution in [0.15, 0.2) is 24.3 Å². The van der Waals surface area contributed by atoms with Gasteiger partial charge in [-0.2, -0.15) is 0 Å². The van der Waals surface area contributed by atoms with E-state index in [4.69, 9.17) is 0 Å². The summed E-state index contributed by atoms with van der Waals surface area (Å²) in [6.45, 7) is 9.43. The second kappa shape index (κ2) is 7.35. The van der Waals surface area contributed by atoms with Crippen LogP contribution >= 0.6 is 0 Å². The zero-order valence-corrected chi connectivity index (χ0v) is 17.6. The number of nitrogens with zero attached hydrogens (tertiary/aromatic N) is 1. The van der Waals surface area contributed by atoms with E-state index in [2.05, 4.69) is 49.9 Å². The molecule has 4 bridgehead atoms. The van der Waals surface area contributed by atoms with Gasteiger partial charge in [-0.1, -0.05) is 43.7 Å². The SMILES string of the molecule is CCCN(CCC)CC(=O)C12C[C@@H]3C[C@@H](C1)CC(c1ccc(C)cc1)(C3)C2. The normalized spacial score (nSPS) is 34.4. The minimum Gasteiger partial charge on any atom is -0.298 e. The number of carbonyl (C=O) groups excluding carboxylic acids is 1. The lowest BCUT2D eigenvalue weighted by Crippen LogP contribution is -2.58. The second-order valence-corrected chi connectivity index (χ2v) is 10.1. The molecule has 4 fully saturated rings. The molecule has 4 aliphatic rings. The Bertz CT molecular complexity index is 656. The van der Waals surface area contributed by atoms with E-state index in [9.17, 15) is 4.79 Å². The Morgan fingerprint density at radius 2 is 1.59 bits per heavy atom. The summed E-state index contributed by atoms with van der Waals surface area (Å²) in [4.78, 5) is 16.1. The summed E-state index contributed by atoms with van der Waals surface area (Å²) in [5.74, 6) is 2.10. The lowest BCUT2D eigenvalue weighted by atomic mass is 9.42. The van der Waals surface area contributed by atoms with Crippen molar-refractivity contribution < 1.29 is 4.79 Å². The molecule has 0 radical (unpaired) electrons. The molecule has 1 aromatic rings. The highest BCUT2D eigenvalue weighted by molar-refractivity contribution is 5.87. The van der Waals surface area contributed by atoms with Gasteiger partial charge in [0.15, 0.2) is 5.78 Å². The monoisotopic (exact) mass is 367 g/mol. The zero-order chi connectivity index (χ0) is 19.1. The topological polar surface area (TPSA) is 20.3 Å². The van der Waals surface area contributed by atoms with Gasteiger partial charge < -0.3 is 0 Å². The van der Waals surface area contributed by atoms with Crippen molar-refractivity contribution in [3.8, 4) is 0 Å². The van der Waals surface area contributed by atoms with E-state index in [1.807, 2.05) is 0 Å². The lowest BCUT2D eigenvalue weighted by molar-refractivity contribution is -0.148. The van der Waals surface area contributed by atoms with Crippen molar-refractivity contribution in [3.63, 3.8) is 0 Å². The van der Waals surface area contributed by atoms with Crippen LogP contribution in [0.5, 0.6) is 0 Å². The van der Waals surface area contributed by atoms with Crippen molar-refractivity contribution in [2.45, 2.75) is 77.6 Å². The van der Waals surface area contributed by atoms with Crippen molar-refractivity contribution >= 4 is 5.78 Å². The molecule has 5 rings (SSSR count). The van der Waals surface area contributed by atoms with Crippen LogP contribution < -0.4 is 0 Å². The summed E-state index contributed by atoms with van der Waals surface area (Å²) in [5.41, 5.74) is 3.09. The van der Waals surface area contributed by atoms with Gasteiger partial charge in [-0.05, 0) is 94.2 Å². The zero-order valence-electron chi connectivity index (χ0n) is 17.6. The molecule has 4 aliphatic carbocycles. The molecule has 2 atom stereocenters. The Morgan fingerprint density at radius 1 is 1.00 bits per heavy atom. The van der Waals surface area contributed by atoms with Gasteiger partial charge in [-0.25, -0.2) is 0 Å². The Kier molecular flexibility index (Phi) is 5.22. The summed E-state index contributed by atoms with van der Waals surface area (Å²) in [5, 5.41) is 0. The molecule has 2 nitrogen and oxygen atoms in total. The maximum absolute atomic E-state index is 13.6. The molecule has 148 valence electrons. The molecule has 2 heteroatoms. The molecule has 1 aromatic carbocycles. The fraction of sp³-hybridized carbons (Fsp3) is 0.720. The number of ketones is 1.